The van der Waals surface area contributed by atoms with E-state index in [4.69, 9.17) is 9.72 Å². The molecule has 0 aliphatic heterocycles. The van der Waals surface area contributed by atoms with E-state index in [0.29, 0.717) is 0 Å². The van der Waals surface area contributed by atoms with Crippen LogP contribution in [0.1, 0.15) is 55.6 Å². The molecule has 1 aliphatic rings. The van der Waals surface area contributed by atoms with E-state index in [0.717, 1.165) is 63.0 Å². The van der Waals surface area contributed by atoms with Gasteiger partial charge in [-0.2, -0.15) is 0 Å². The zero-order valence-corrected chi connectivity index (χ0v) is 24.0. The highest BCUT2D eigenvalue weighted by Crippen LogP contribution is 2.47. The predicted molar refractivity (Wildman–Crippen MR) is 154 cm³/mol. The molecule has 2 heterocycles. The van der Waals surface area contributed by atoms with Crippen LogP contribution in [0.15, 0.2) is 54.7 Å². The molecule has 5 rings (SSSR count). The summed E-state index contributed by atoms with van der Waals surface area (Å²) in [5.74, 6) is 3.78. The number of carbonyl (C=O) groups is 1. The monoisotopic (exact) mass is 532 g/mol. The maximum Gasteiger partial charge on any atom is 0.402 e. The smallest absolute Gasteiger partial charge is 0.402 e. The number of benzene rings is 2. The van der Waals surface area contributed by atoms with Gasteiger partial charge in [0, 0.05) is 28.2 Å². The number of aromatic amines is 1. The number of pyridine rings is 1. The summed E-state index contributed by atoms with van der Waals surface area (Å²) in [6, 6.07) is 16.8. The Morgan fingerprint density at radius 2 is 1.70 bits per heavy atom. The molecule has 0 atom stereocenters. The Morgan fingerprint density at radius 1 is 1.00 bits per heavy atom. The zero-order valence-electron chi connectivity index (χ0n) is 22.3. The SMILES string of the molecule is COc1cc[n+](-c2nc3cc4c(cc3[nH]2)C(C)(C)C(=O)C4(C)C)c(CSSCCc2ccccc2)c1C. The van der Waals surface area contributed by atoms with Gasteiger partial charge in [-0.25, -0.2) is 9.55 Å². The van der Waals surface area contributed by atoms with Gasteiger partial charge in [0.05, 0.1) is 19.1 Å². The Bertz CT molecular complexity index is 1420. The van der Waals surface area contributed by atoms with Crippen LogP contribution in [0.25, 0.3) is 17.0 Å². The number of fused-ring (bicyclic) bond motifs is 2. The third-order valence-electron chi connectivity index (χ3n) is 7.60. The Hall–Kier alpha value is -2.77. The van der Waals surface area contributed by atoms with Gasteiger partial charge < -0.3 is 4.74 Å². The van der Waals surface area contributed by atoms with E-state index >= 15 is 0 Å². The van der Waals surface area contributed by atoms with Crippen molar-refractivity contribution in [3.63, 3.8) is 0 Å². The number of carbonyl (C=O) groups excluding carboxylic acids is 1. The molecule has 0 radical (unpaired) electrons. The fraction of sp³-hybridized carbons (Fsp3) is 0.367. The van der Waals surface area contributed by atoms with E-state index in [2.05, 4.69) is 58.9 Å². The van der Waals surface area contributed by atoms with Gasteiger partial charge in [-0.1, -0.05) is 56.9 Å². The summed E-state index contributed by atoms with van der Waals surface area (Å²) in [6.45, 7) is 10.2. The van der Waals surface area contributed by atoms with Gasteiger partial charge in [-0.05, 0) is 69.9 Å². The van der Waals surface area contributed by atoms with Crippen LogP contribution in [0.5, 0.6) is 5.75 Å². The molecule has 192 valence electrons. The van der Waals surface area contributed by atoms with Crippen molar-refractivity contribution in [1.82, 2.24) is 9.97 Å². The maximum atomic E-state index is 13.1. The Balaban J connectivity index is 1.44. The average molecular weight is 533 g/mol. The van der Waals surface area contributed by atoms with Crippen molar-refractivity contribution in [2.45, 2.75) is 57.6 Å². The van der Waals surface area contributed by atoms with Gasteiger partial charge in [0.2, 0.25) is 0 Å². The lowest BCUT2D eigenvalue weighted by Crippen LogP contribution is -2.37. The molecule has 2 aromatic heterocycles. The van der Waals surface area contributed by atoms with Crippen molar-refractivity contribution in [2.75, 3.05) is 12.9 Å². The van der Waals surface area contributed by atoms with E-state index < -0.39 is 10.8 Å². The average Bonchev–Trinajstić information content (AvgIpc) is 3.36. The Kier molecular flexibility index (Phi) is 6.88. The van der Waals surface area contributed by atoms with E-state index in [1.165, 1.54) is 5.56 Å². The van der Waals surface area contributed by atoms with E-state index in [1.807, 2.05) is 61.5 Å². The largest absolute Gasteiger partial charge is 0.496 e. The molecule has 0 saturated carbocycles. The van der Waals surface area contributed by atoms with Crippen LogP contribution in [0.3, 0.4) is 0 Å². The fourth-order valence-corrected chi connectivity index (χ4v) is 7.63. The van der Waals surface area contributed by atoms with Gasteiger partial charge in [0.25, 0.3) is 0 Å². The molecule has 0 spiro atoms. The van der Waals surface area contributed by atoms with Crippen molar-refractivity contribution >= 4 is 38.4 Å². The van der Waals surface area contributed by atoms with Crippen LogP contribution in [0, 0.1) is 6.92 Å². The summed E-state index contributed by atoms with van der Waals surface area (Å²) < 4.78 is 7.77. The number of hydrogen-bond donors (Lipinski definition) is 1. The van der Waals surface area contributed by atoms with Gasteiger partial charge in [0.1, 0.15) is 17.0 Å². The molecule has 0 bridgehead atoms. The number of ketones is 1. The van der Waals surface area contributed by atoms with E-state index in [1.54, 1.807) is 7.11 Å². The van der Waals surface area contributed by atoms with Crippen molar-refractivity contribution in [3.05, 3.63) is 82.7 Å². The molecule has 2 aromatic carbocycles. The summed E-state index contributed by atoms with van der Waals surface area (Å²) in [5, 5.41) is 0. The minimum absolute atomic E-state index is 0.257. The first-order valence-electron chi connectivity index (χ1n) is 12.6. The molecule has 0 fully saturated rings. The lowest BCUT2D eigenvalue weighted by molar-refractivity contribution is -0.610. The highest BCUT2D eigenvalue weighted by Gasteiger charge is 2.50. The lowest BCUT2D eigenvalue weighted by Gasteiger charge is -2.21. The van der Waals surface area contributed by atoms with Crippen molar-refractivity contribution < 1.29 is 14.1 Å². The van der Waals surface area contributed by atoms with Crippen LogP contribution < -0.4 is 9.30 Å². The maximum absolute atomic E-state index is 13.1. The molecule has 37 heavy (non-hydrogen) atoms. The number of hydrogen-bond acceptors (Lipinski definition) is 5. The molecular formula is C30H34N3O2S2+. The molecule has 1 aliphatic carbocycles. The predicted octanol–water partition coefficient (Wildman–Crippen LogP) is 6.42. The number of Topliss-reactive ketones (excluding diaryl/α,β-unsaturated/α-hetero) is 1. The van der Waals surface area contributed by atoms with Gasteiger partial charge in [-0.3, -0.25) is 4.79 Å². The van der Waals surface area contributed by atoms with Crippen molar-refractivity contribution in [2.24, 2.45) is 0 Å². The second-order valence-electron chi connectivity index (χ2n) is 10.7. The van der Waals surface area contributed by atoms with Gasteiger partial charge >= 0.3 is 5.95 Å². The lowest BCUT2D eigenvalue weighted by atomic mass is 9.80. The van der Waals surface area contributed by atoms with E-state index in [9.17, 15) is 4.79 Å². The topological polar surface area (TPSA) is 58.9 Å². The standard InChI is InChI=1S/C30H34N3O2S2/c1-19-25(18-37-36-15-13-20-10-8-7-9-11-20)33(14-12-26(19)35-6)28-31-23-16-21-22(17-24(23)32-28)30(4,5)27(34)29(21,2)3/h7-12,14,16-17H,13,15,18H2,1-6H3,(H,31,32)/q+1. The molecule has 4 aromatic rings. The zero-order chi connectivity index (χ0) is 26.4. The number of aromatic nitrogens is 3. The van der Waals surface area contributed by atoms with Crippen LogP contribution in [0.4, 0.5) is 0 Å². The molecular weight excluding hydrogens is 498 g/mol. The van der Waals surface area contributed by atoms with Crippen LogP contribution in [-0.2, 0) is 27.8 Å². The normalized spacial score (nSPS) is 15.8. The highest BCUT2D eigenvalue weighted by atomic mass is 33.1. The fourth-order valence-electron chi connectivity index (χ4n) is 5.46. The van der Waals surface area contributed by atoms with Gasteiger partial charge in [0.15, 0.2) is 11.3 Å². The minimum Gasteiger partial charge on any atom is -0.496 e. The first-order chi connectivity index (χ1) is 17.6. The molecule has 7 heteroatoms. The van der Waals surface area contributed by atoms with E-state index in [-0.39, 0.29) is 5.78 Å². The number of aryl methyl sites for hydroxylation is 1. The van der Waals surface area contributed by atoms with Crippen LogP contribution >= 0.6 is 21.6 Å². The number of imidazole rings is 1. The number of nitrogens with zero attached hydrogens (tertiary/aromatic N) is 2. The van der Waals surface area contributed by atoms with Crippen molar-refractivity contribution in [1.29, 1.82) is 0 Å². The van der Waals surface area contributed by atoms with Crippen molar-refractivity contribution in [3.8, 4) is 11.7 Å². The minimum atomic E-state index is -0.519. The summed E-state index contributed by atoms with van der Waals surface area (Å²) in [6.07, 6.45) is 3.08. The number of methoxy groups -OCH3 is 1. The Labute approximate surface area is 226 Å². The van der Waals surface area contributed by atoms with Gasteiger partial charge in [-0.15, -0.1) is 0 Å². The van der Waals surface area contributed by atoms with Crippen LogP contribution in [-0.4, -0.2) is 28.6 Å². The molecule has 5 nitrogen and oxygen atoms in total. The highest BCUT2D eigenvalue weighted by molar-refractivity contribution is 8.76. The first-order valence-corrected chi connectivity index (χ1v) is 15.1. The quantitative estimate of drug-likeness (QED) is 0.161. The second-order valence-corrected chi connectivity index (χ2v) is 13.3. The number of nitrogens with one attached hydrogen (secondary N) is 1. The molecule has 0 amide bonds. The molecule has 1 N–H and O–H groups in total. The summed E-state index contributed by atoms with van der Waals surface area (Å²) in [7, 11) is 5.46. The third-order valence-corrected chi connectivity index (χ3v) is 9.89. The van der Waals surface area contributed by atoms with Crippen LogP contribution in [0.2, 0.25) is 0 Å². The summed E-state index contributed by atoms with van der Waals surface area (Å²) in [4.78, 5) is 21.6. The Morgan fingerprint density at radius 3 is 2.41 bits per heavy atom. The number of ether oxygens (including phenoxy) is 1. The molecule has 0 saturated heterocycles. The first kappa shape index (κ1) is 25.9. The third kappa shape index (κ3) is 4.57. The number of H-pyrrole nitrogens is 1. The summed E-state index contributed by atoms with van der Waals surface area (Å²) >= 11 is 0. The second kappa shape index (κ2) is 9.84. The molecule has 0 unspecified atom stereocenters. The summed E-state index contributed by atoms with van der Waals surface area (Å²) in [5.41, 5.74) is 6.59. The number of rotatable bonds is 8.